The molecule has 14 heavy (non-hydrogen) atoms. The highest BCUT2D eigenvalue weighted by atomic mass is 79.9. The molecule has 1 heterocycles. The predicted molar refractivity (Wildman–Crippen MR) is 64.2 cm³/mol. The first kappa shape index (κ1) is 11.5. The summed E-state index contributed by atoms with van der Waals surface area (Å²) in [4.78, 5) is 4.36. The molecule has 1 rings (SSSR count). The third-order valence-corrected chi connectivity index (χ3v) is 2.68. The Balaban J connectivity index is 2.45. The Bertz CT molecular complexity index is 287. The molecule has 0 bridgehead atoms. The lowest BCUT2D eigenvalue weighted by atomic mass is 10.1. The quantitative estimate of drug-likeness (QED) is 0.647. The number of pyridine rings is 1. The minimum absolute atomic E-state index is 0.810. The fraction of sp³-hybridized carbons (Fsp3) is 0.545. The molecule has 2 N–H and O–H groups in total. The van der Waals surface area contributed by atoms with Gasteiger partial charge in [0.1, 0.15) is 4.60 Å². The highest BCUT2D eigenvalue weighted by Gasteiger charge is 2.01. The number of halogens is 1. The van der Waals surface area contributed by atoms with Crippen molar-refractivity contribution in [2.24, 2.45) is 0 Å². The van der Waals surface area contributed by atoms with E-state index in [0.717, 1.165) is 22.4 Å². The molecule has 0 saturated carbocycles. The van der Waals surface area contributed by atoms with Gasteiger partial charge in [0.05, 0.1) is 11.4 Å². The highest BCUT2D eigenvalue weighted by molar-refractivity contribution is 9.10. The van der Waals surface area contributed by atoms with Gasteiger partial charge in [-0.2, -0.15) is 0 Å². The second-order valence-electron chi connectivity index (χ2n) is 3.48. The van der Waals surface area contributed by atoms with E-state index < -0.39 is 0 Å². The minimum atomic E-state index is 0.810. The fourth-order valence-electron chi connectivity index (χ4n) is 1.40. The molecule has 0 aromatic carbocycles. The van der Waals surface area contributed by atoms with Crippen molar-refractivity contribution in [1.29, 1.82) is 0 Å². The second-order valence-corrected chi connectivity index (χ2v) is 4.29. The number of hydrogen-bond donors (Lipinski definition) is 1. The number of hydrogen-bond acceptors (Lipinski definition) is 2. The van der Waals surface area contributed by atoms with E-state index in [2.05, 4.69) is 27.8 Å². The molecule has 0 aliphatic rings. The molecule has 1 aromatic rings. The van der Waals surface area contributed by atoms with Gasteiger partial charge in [0, 0.05) is 0 Å². The molecule has 0 saturated heterocycles. The Labute approximate surface area is 94.0 Å². The lowest BCUT2D eigenvalue weighted by Gasteiger charge is -2.04. The summed E-state index contributed by atoms with van der Waals surface area (Å²) in [6.45, 7) is 2.21. The van der Waals surface area contributed by atoms with Crippen molar-refractivity contribution >= 4 is 21.6 Å². The van der Waals surface area contributed by atoms with Gasteiger partial charge in [0.2, 0.25) is 0 Å². The van der Waals surface area contributed by atoms with E-state index in [1.807, 2.05) is 12.1 Å². The first-order valence-electron chi connectivity index (χ1n) is 5.15. The van der Waals surface area contributed by atoms with Gasteiger partial charge in [0.15, 0.2) is 0 Å². The van der Waals surface area contributed by atoms with Gasteiger partial charge >= 0.3 is 0 Å². The molecule has 0 unspecified atom stereocenters. The first-order chi connectivity index (χ1) is 6.74. The summed E-state index contributed by atoms with van der Waals surface area (Å²) in [5.74, 6) is 0. The third kappa shape index (κ3) is 3.66. The Hall–Kier alpha value is -0.570. The molecule has 0 aliphatic carbocycles. The van der Waals surface area contributed by atoms with Crippen LogP contribution in [0.5, 0.6) is 0 Å². The number of unbranched alkanes of at least 4 members (excludes halogenated alkanes) is 3. The maximum absolute atomic E-state index is 5.82. The normalized spacial score (nSPS) is 10.4. The van der Waals surface area contributed by atoms with Crippen LogP contribution < -0.4 is 5.73 Å². The summed E-state index contributed by atoms with van der Waals surface area (Å²) in [5.41, 5.74) is 7.65. The zero-order valence-corrected chi connectivity index (χ0v) is 10.2. The van der Waals surface area contributed by atoms with Crippen LogP contribution in [0.2, 0.25) is 0 Å². The molecule has 3 heteroatoms. The minimum Gasteiger partial charge on any atom is -0.397 e. The monoisotopic (exact) mass is 256 g/mol. The van der Waals surface area contributed by atoms with Gasteiger partial charge in [-0.1, -0.05) is 26.2 Å². The van der Waals surface area contributed by atoms with Gasteiger partial charge in [0.25, 0.3) is 0 Å². The lowest BCUT2D eigenvalue weighted by Crippen LogP contribution is -1.98. The van der Waals surface area contributed by atoms with E-state index in [1.165, 1.54) is 25.7 Å². The predicted octanol–water partition coefficient (Wildman–Crippen LogP) is 3.55. The molecule has 78 valence electrons. The van der Waals surface area contributed by atoms with Crippen LogP contribution in [-0.2, 0) is 6.42 Å². The molecule has 0 radical (unpaired) electrons. The van der Waals surface area contributed by atoms with Crippen molar-refractivity contribution in [3.05, 3.63) is 22.4 Å². The summed E-state index contributed by atoms with van der Waals surface area (Å²) in [6.07, 6.45) is 6.01. The molecule has 2 nitrogen and oxygen atoms in total. The third-order valence-electron chi connectivity index (χ3n) is 2.24. The van der Waals surface area contributed by atoms with E-state index in [9.17, 15) is 0 Å². The van der Waals surface area contributed by atoms with E-state index in [0.29, 0.717) is 0 Å². The molecule has 1 aromatic heterocycles. The number of nitrogens with two attached hydrogens (primary N) is 1. The van der Waals surface area contributed by atoms with Crippen LogP contribution in [0.3, 0.4) is 0 Å². The molecule has 0 amide bonds. The topological polar surface area (TPSA) is 38.9 Å². The van der Waals surface area contributed by atoms with Gasteiger partial charge < -0.3 is 5.73 Å². The summed E-state index contributed by atoms with van der Waals surface area (Å²) in [6, 6.07) is 3.79. The van der Waals surface area contributed by atoms with Gasteiger partial charge in [-0.25, -0.2) is 4.98 Å². The average molecular weight is 257 g/mol. The van der Waals surface area contributed by atoms with Crippen molar-refractivity contribution in [2.75, 3.05) is 5.73 Å². The van der Waals surface area contributed by atoms with Crippen LogP contribution in [0, 0.1) is 0 Å². The Morgan fingerprint density at radius 3 is 2.79 bits per heavy atom. The van der Waals surface area contributed by atoms with Gasteiger partial charge in [-0.3, -0.25) is 0 Å². The fourth-order valence-corrected chi connectivity index (χ4v) is 1.75. The Morgan fingerprint density at radius 2 is 2.07 bits per heavy atom. The molecule has 0 fully saturated rings. The van der Waals surface area contributed by atoms with E-state index >= 15 is 0 Å². The second kappa shape index (κ2) is 6.02. The van der Waals surface area contributed by atoms with Gasteiger partial charge in [-0.15, -0.1) is 0 Å². The molecular formula is C11H17BrN2. The summed E-state index contributed by atoms with van der Waals surface area (Å²) in [7, 11) is 0. The molecular weight excluding hydrogens is 240 g/mol. The maximum Gasteiger partial charge on any atom is 0.106 e. The summed E-state index contributed by atoms with van der Waals surface area (Å²) >= 11 is 3.35. The largest absolute Gasteiger partial charge is 0.397 e. The first-order valence-corrected chi connectivity index (χ1v) is 5.94. The van der Waals surface area contributed by atoms with Crippen LogP contribution in [0.15, 0.2) is 16.7 Å². The van der Waals surface area contributed by atoms with Crippen molar-refractivity contribution in [2.45, 2.75) is 39.0 Å². The van der Waals surface area contributed by atoms with Crippen molar-refractivity contribution < 1.29 is 0 Å². The zero-order chi connectivity index (χ0) is 10.4. The summed E-state index contributed by atoms with van der Waals surface area (Å²) < 4.78 is 0.872. The van der Waals surface area contributed by atoms with Crippen molar-refractivity contribution in [3.63, 3.8) is 0 Å². The van der Waals surface area contributed by atoms with E-state index in [-0.39, 0.29) is 0 Å². The Kier molecular flexibility index (Phi) is 4.94. The number of aromatic nitrogens is 1. The Morgan fingerprint density at radius 1 is 1.29 bits per heavy atom. The lowest BCUT2D eigenvalue weighted by molar-refractivity contribution is 0.661. The number of nitrogens with zero attached hydrogens (tertiary/aromatic N) is 1. The molecule has 0 aliphatic heterocycles. The molecule has 0 atom stereocenters. The molecule has 0 spiro atoms. The summed E-state index contributed by atoms with van der Waals surface area (Å²) in [5, 5.41) is 0. The van der Waals surface area contributed by atoms with Crippen LogP contribution in [0.4, 0.5) is 5.69 Å². The smallest absolute Gasteiger partial charge is 0.106 e. The van der Waals surface area contributed by atoms with Crippen molar-refractivity contribution in [1.82, 2.24) is 4.98 Å². The van der Waals surface area contributed by atoms with Crippen LogP contribution in [0.25, 0.3) is 0 Å². The van der Waals surface area contributed by atoms with E-state index in [4.69, 9.17) is 5.73 Å². The van der Waals surface area contributed by atoms with Crippen LogP contribution in [0.1, 0.15) is 38.3 Å². The maximum atomic E-state index is 5.82. The SMILES string of the molecule is CCCCCCc1nc(Br)ccc1N. The number of nitrogen functional groups attached to an aromatic ring is 1. The highest BCUT2D eigenvalue weighted by Crippen LogP contribution is 2.16. The van der Waals surface area contributed by atoms with Crippen LogP contribution in [-0.4, -0.2) is 4.98 Å². The van der Waals surface area contributed by atoms with Gasteiger partial charge in [-0.05, 0) is 40.9 Å². The van der Waals surface area contributed by atoms with E-state index in [1.54, 1.807) is 0 Å². The number of rotatable bonds is 5. The number of anilines is 1. The average Bonchev–Trinajstić information content (AvgIpc) is 2.18. The zero-order valence-electron chi connectivity index (χ0n) is 8.59. The number of aryl methyl sites for hydroxylation is 1. The standard InChI is InChI=1S/C11H17BrN2/c1-2-3-4-5-6-10-9(13)7-8-11(12)14-10/h7-8H,2-6,13H2,1H3. The van der Waals surface area contributed by atoms with Crippen molar-refractivity contribution in [3.8, 4) is 0 Å². The van der Waals surface area contributed by atoms with Crippen LogP contribution >= 0.6 is 15.9 Å².